The number of imidazole rings is 1. The van der Waals surface area contributed by atoms with Crippen LogP contribution in [0.15, 0.2) is 29.9 Å². The molecule has 1 aliphatic rings. The fourth-order valence-corrected chi connectivity index (χ4v) is 3.63. The van der Waals surface area contributed by atoms with Crippen molar-refractivity contribution in [3.05, 3.63) is 40.6 Å². The van der Waals surface area contributed by atoms with E-state index in [0.717, 1.165) is 31.8 Å². The highest BCUT2D eigenvalue weighted by Crippen LogP contribution is 2.24. The van der Waals surface area contributed by atoms with E-state index in [1.54, 1.807) is 11.3 Å². The van der Waals surface area contributed by atoms with E-state index < -0.39 is 6.10 Å². The molecule has 2 aromatic heterocycles. The third-order valence-corrected chi connectivity index (χ3v) is 4.87. The van der Waals surface area contributed by atoms with Gasteiger partial charge in [0, 0.05) is 36.3 Å². The van der Waals surface area contributed by atoms with Gasteiger partial charge in [0.15, 0.2) is 0 Å². The number of H-pyrrole nitrogens is 1. The second-order valence-corrected chi connectivity index (χ2v) is 6.85. The molecule has 3 heterocycles. The van der Waals surface area contributed by atoms with E-state index in [9.17, 15) is 5.11 Å². The molecule has 2 atom stereocenters. The number of hydrogen-bond acceptors (Lipinski definition) is 5. The van der Waals surface area contributed by atoms with E-state index >= 15 is 0 Å². The molecule has 0 aliphatic carbocycles. The lowest BCUT2D eigenvalue weighted by molar-refractivity contribution is 0.00625. The van der Waals surface area contributed by atoms with Crippen molar-refractivity contribution in [2.75, 3.05) is 26.2 Å². The Labute approximate surface area is 135 Å². The first-order valence-corrected chi connectivity index (χ1v) is 8.69. The van der Waals surface area contributed by atoms with Crippen LogP contribution in [0.3, 0.4) is 0 Å². The van der Waals surface area contributed by atoms with Crippen LogP contribution in [0.1, 0.15) is 29.5 Å². The number of rotatable bonds is 7. The molecule has 0 bridgehead atoms. The van der Waals surface area contributed by atoms with E-state index in [2.05, 4.69) is 20.9 Å². The number of aromatic amines is 1. The summed E-state index contributed by atoms with van der Waals surface area (Å²) in [6.45, 7) is 3.64. The van der Waals surface area contributed by atoms with Crippen LogP contribution >= 0.6 is 11.3 Å². The van der Waals surface area contributed by atoms with E-state index in [1.165, 1.54) is 4.88 Å². The number of piperidine rings is 1. The van der Waals surface area contributed by atoms with Crippen molar-refractivity contribution in [2.24, 2.45) is 0 Å². The molecule has 0 saturated carbocycles. The minimum atomic E-state index is -0.435. The van der Waals surface area contributed by atoms with E-state index in [-0.39, 0.29) is 0 Å². The van der Waals surface area contributed by atoms with Gasteiger partial charge in [-0.25, -0.2) is 4.98 Å². The summed E-state index contributed by atoms with van der Waals surface area (Å²) in [5.74, 6) is 1.51. The zero-order valence-corrected chi connectivity index (χ0v) is 13.5. The number of thiophene rings is 1. The first-order chi connectivity index (χ1) is 10.8. The second-order valence-electron chi connectivity index (χ2n) is 5.82. The standard InChI is InChI=1S/C16H23N3O2S/c20-14(11-21-12-15-4-2-8-22-15)10-19-7-1-3-13(9-19)16-17-5-6-18-16/h2,4-6,8,13-14,20H,1,3,7,9-12H2,(H,17,18)/t13-,14-/m0/s1. The lowest BCUT2D eigenvalue weighted by Gasteiger charge is -2.33. The third-order valence-electron chi connectivity index (χ3n) is 4.02. The average molecular weight is 321 g/mol. The molecule has 3 rings (SSSR count). The van der Waals surface area contributed by atoms with Crippen molar-refractivity contribution in [1.29, 1.82) is 0 Å². The fraction of sp³-hybridized carbons (Fsp3) is 0.562. The molecule has 0 aromatic carbocycles. The van der Waals surface area contributed by atoms with Gasteiger partial charge in [-0.15, -0.1) is 11.3 Å². The summed E-state index contributed by atoms with van der Waals surface area (Å²) >= 11 is 1.68. The maximum atomic E-state index is 10.2. The van der Waals surface area contributed by atoms with Gasteiger partial charge in [-0.3, -0.25) is 4.90 Å². The number of likely N-dealkylation sites (tertiary alicyclic amines) is 1. The topological polar surface area (TPSA) is 61.4 Å². The summed E-state index contributed by atoms with van der Waals surface area (Å²) in [7, 11) is 0. The average Bonchev–Trinajstić information content (AvgIpc) is 3.21. The summed E-state index contributed by atoms with van der Waals surface area (Å²) in [6, 6.07) is 4.07. The predicted molar refractivity (Wildman–Crippen MR) is 87.0 cm³/mol. The number of nitrogens with zero attached hydrogens (tertiary/aromatic N) is 2. The molecule has 1 fully saturated rings. The van der Waals surface area contributed by atoms with Crippen molar-refractivity contribution in [3.63, 3.8) is 0 Å². The fourth-order valence-electron chi connectivity index (χ4n) is 2.99. The van der Waals surface area contributed by atoms with Crippen LogP contribution in [0.4, 0.5) is 0 Å². The number of aliphatic hydroxyl groups excluding tert-OH is 1. The molecule has 6 heteroatoms. The Kier molecular flexibility index (Phi) is 5.61. The summed E-state index contributed by atoms with van der Waals surface area (Å²) in [5.41, 5.74) is 0. The summed E-state index contributed by atoms with van der Waals surface area (Å²) < 4.78 is 5.60. The minimum absolute atomic E-state index is 0.389. The minimum Gasteiger partial charge on any atom is -0.389 e. The van der Waals surface area contributed by atoms with Gasteiger partial charge in [-0.2, -0.15) is 0 Å². The maximum absolute atomic E-state index is 10.2. The number of nitrogens with one attached hydrogen (secondary N) is 1. The van der Waals surface area contributed by atoms with Crippen LogP contribution < -0.4 is 0 Å². The monoisotopic (exact) mass is 321 g/mol. The van der Waals surface area contributed by atoms with Gasteiger partial charge in [0.1, 0.15) is 5.82 Å². The van der Waals surface area contributed by atoms with Crippen molar-refractivity contribution in [2.45, 2.75) is 31.5 Å². The number of aliphatic hydroxyl groups is 1. The summed E-state index contributed by atoms with van der Waals surface area (Å²) in [4.78, 5) is 11.1. The van der Waals surface area contributed by atoms with E-state index in [4.69, 9.17) is 4.74 Å². The number of ether oxygens (including phenoxy) is 1. The Morgan fingerprint density at radius 3 is 3.27 bits per heavy atom. The van der Waals surface area contributed by atoms with E-state index in [1.807, 2.05) is 23.8 Å². The van der Waals surface area contributed by atoms with Crippen molar-refractivity contribution in [1.82, 2.24) is 14.9 Å². The quantitative estimate of drug-likeness (QED) is 0.821. The first kappa shape index (κ1) is 15.7. The molecule has 0 unspecified atom stereocenters. The third kappa shape index (κ3) is 4.39. The van der Waals surface area contributed by atoms with Crippen LogP contribution in [-0.2, 0) is 11.3 Å². The highest BCUT2D eigenvalue weighted by atomic mass is 32.1. The summed E-state index contributed by atoms with van der Waals surface area (Å²) in [6.07, 6.45) is 5.56. The normalized spacial score (nSPS) is 21.0. The van der Waals surface area contributed by atoms with Gasteiger partial charge >= 0.3 is 0 Å². The molecule has 0 radical (unpaired) electrons. The Balaban J connectivity index is 1.40. The first-order valence-electron chi connectivity index (χ1n) is 7.81. The molecule has 120 valence electrons. The second kappa shape index (κ2) is 7.87. The zero-order chi connectivity index (χ0) is 15.2. The van der Waals surface area contributed by atoms with E-state index in [0.29, 0.717) is 25.7 Å². The predicted octanol–water partition coefficient (Wildman–Crippen LogP) is 2.23. The van der Waals surface area contributed by atoms with Gasteiger partial charge < -0.3 is 14.8 Å². The molecule has 0 spiro atoms. The zero-order valence-electron chi connectivity index (χ0n) is 12.6. The van der Waals surface area contributed by atoms with Crippen molar-refractivity contribution in [3.8, 4) is 0 Å². The molecule has 1 saturated heterocycles. The van der Waals surface area contributed by atoms with Crippen LogP contribution in [-0.4, -0.2) is 52.3 Å². The van der Waals surface area contributed by atoms with Gasteiger partial charge in [0.25, 0.3) is 0 Å². The molecular weight excluding hydrogens is 298 g/mol. The lowest BCUT2D eigenvalue weighted by Crippen LogP contribution is -2.41. The molecule has 0 amide bonds. The Hall–Kier alpha value is -1.21. The van der Waals surface area contributed by atoms with Gasteiger partial charge in [-0.1, -0.05) is 6.07 Å². The molecule has 2 aromatic rings. The molecule has 5 nitrogen and oxygen atoms in total. The van der Waals surface area contributed by atoms with Crippen LogP contribution in [0.25, 0.3) is 0 Å². The smallest absolute Gasteiger partial charge is 0.110 e. The molecule has 22 heavy (non-hydrogen) atoms. The maximum Gasteiger partial charge on any atom is 0.110 e. The lowest BCUT2D eigenvalue weighted by atomic mass is 9.97. The largest absolute Gasteiger partial charge is 0.389 e. The van der Waals surface area contributed by atoms with Crippen molar-refractivity contribution < 1.29 is 9.84 Å². The highest BCUT2D eigenvalue weighted by Gasteiger charge is 2.24. The van der Waals surface area contributed by atoms with Gasteiger partial charge in [-0.05, 0) is 30.8 Å². The van der Waals surface area contributed by atoms with Crippen LogP contribution in [0.2, 0.25) is 0 Å². The molecule has 2 N–H and O–H groups in total. The van der Waals surface area contributed by atoms with Gasteiger partial charge in [0.2, 0.25) is 0 Å². The summed E-state index contributed by atoms with van der Waals surface area (Å²) in [5, 5.41) is 12.2. The number of β-amino-alcohol motifs (C(OH)–C–C–N with tert-alkyl or cyclic N) is 1. The number of hydrogen-bond donors (Lipinski definition) is 2. The molecular formula is C16H23N3O2S. The Morgan fingerprint density at radius 1 is 1.55 bits per heavy atom. The Bertz CT molecular complexity index is 530. The van der Waals surface area contributed by atoms with Crippen molar-refractivity contribution >= 4 is 11.3 Å². The SMILES string of the molecule is O[C@H](COCc1cccs1)CN1CCC[C@H](c2ncc[nH]2)C1. The Morgan fingerprint density at radius 2 is 2.50 bits per heavy atom. The molecule has 1 aliphatic heterocycles. The van der Waals surface area contributed by atoms with Crippen LogP contribution in [0, 0.1) is 0 Å². The number of aromatic nitrogens is 2. The van der Waals surface area contributed by atoms with Gasteiger partial charge in [0.05, 0.1) is 19.3 Å². The van der Waals surface area contributed by atoms with Crippen LogP contribution in [0.5, 0.6) is 0 Å². The highest BCUT2D eigenvalue weighted by molar-refractivity contribution is 7.09.